The average Bonchev–Trinajstić information content (AvgIpc) is 1.80. The molecule has 0 saturated carbocycles. The molecule has 0 heterocycles. The van der Waals surface area contributed by atoms with Gasteiger partial charge in [0.2, 0.25) is 0 Å². The maximum absolute atomic E-state index is 10.0. The van der Waals surface area contributed by atoms with Gasteiger partial charge in [0.1, 0.15) is 6.29 Å². The topological polar surface area (TPSA) is 17.1 Å². The van der Waals surface area contributed by atoms with Crippen molar-refractivity contribution in [3.63, 3.8) is 0 Å². The maximum Gasteiger partial charge on any atom is 0.120 e. The van der Waals surface area contributed by atoms with Crippen LogP contribution >= 0.6 is 0 Å². The van der Waals surface area contributed by atoms with Gasteiger partial charge in [-0.05, 0) is 24.7 Å². The van der Waals surface area contributed by atoms with Crippen LogP contribution in [0, 0.1) is 18.3 Å². The predicted octanol–water partition coefficient (Wildman–Crippen LogP) is 2.46. The molecule has 0 aliphatic carbocycles. The fourth-order valence-corrected chi connectivity index (χ4v) is 0.702. The molecule has 0 bridgehead atoms. The molecule has 10 heavy (non-hydrogen) atoms. The molecule has 0 aliphatic heterocycles. The van der Waals surface area contributed by atoms with Gasteiger partial charge in [-0.15, -0.1) is 0 Å². The van der Waals surface area contributed by atoms with Gasteiger partial charge >= 0.3 is 0 Å². The van der Waals surface area contributed by atoms with Crippen molar-refractivity contribution in [1.82, 2.24) is 0 Å². The van der Waals surface area contributed by atoms with Crippen molar-refractivity contribution >= 4 is 6.29 Å². The van der Waals surface area contributed by atoms with Crippen LogP contribution in [0.25, 0.3) is 0 Å². The molecule has 0 rings (SSSR count). The monoisotopic (exact) mass is 141 g/mol. The molecule has 1 unspecified atom stereocenters. The second-order valence-electron chi connectivity index (χ2n) is 3.81. The van der Waals surface area contributed by atoms with Crippen LogP contribution in [-0.4, -0.2) is 6.29 Å². The molecule has 0 amide bonds. The Hall–Kier alpha value is -0.330. The SMILES string of the molecule is [CH2]C(CCC=O)C(C)(C)C. The summed E-state index contributed by atoms with van der Waals surface area (Å²) in [5.41, 5.74) is 0.239. The van der Waals surface area contributed by atoms with Crippen molar-refractivity contribution in [3.8, 4) is 0 Å². The molecule has 1 radical (unpaired) electrons. The highest BCUT2D eigenvalue weighted by Crippen LogP contribution is 2.27. The van der Waals surface area contributed by atoms with E-state index in [0.717, 1.165) is 12.7 Å². The Morgan fingerprint density at radius 1 is 1.50 bits per heavy atom. The van der Waals surface area contributed by atoms with E-state index in [0.29, 0.717) is 12.3 Å². The van der Waals surface area contributed by atoms with Crippen LogP contribution in [-0.2, 0) is 4.79 Å². The summed E-state index contributed by atoms with van der Waals surface area (Å²) < 4.78 is 0. The molecule has 1 heteroatoms. The Kier molecular flexibility index (Phi) is 3.62. The largest absolute Gasteiger partial charge is 0.303 e. The highest BCUT2D eigenvalue weighted by Gasteiger charge is 2.18. The average molecular weight is 141 g/mol. The summed E-state index contributed by atoms with van der Waals surface area (Å²) in [4.78, 5) is 10.0. The highest BCUT2D eigenvalue weighted by molar-refractivity contribution is 5.49. The molecule has 0 aromatic heterocycles. The van der Waals surface area contributed by atoms with Crippen molar-refractivity contribution in [2.75, 3.05) is 0 Å². The van der Waals surface area contributed by atoms with E-state index >= 15 is 0 Å². The van der Waals surface area contributed by atoms with E-state index in [1.165, 1.54) is 0 Å². The lowest BCUT2D eigenvalue weighted by atomic mass is 9.80. The first-order valence-corrected chi connectivity index (χ1v) is 3.75. The van der Waals surface area contributed by atoms with Crippen LogP contribution < -0.4 is 0 Å². The van der Waals surface area contributed by atoms with Crippen molar-refractivity contribution in [1.29, 1.82) is 0 Å². The number of carbonyl (C=O) groups is 1. The van der Waals surface area contributed by atoms with E-state index in [4.69, 9.17) is 0 Å². The van der Waals surface area contributed by atoms with Gasteiger partial charge in [0.05, 0.1) is 0 Å². The van der Waals surface area contributed by atoms with E-state index in [9.17, 15) is 4.79 Å². The molecular formula is C9H17O. The number of hydrogen-bond donors (Lipinski definition) is 0. The van der Waals surface area contributed by atoms with Crippen molar-refractivity contribution in [3.05, 3.63) is 6.92 Å². The Bertz CT molecular complexity index is 99.8. The molecule has 59 valence electrons. The summed E-state index contributed by atoms with van der Waals surface area (Å²) in [6, 6.07) is 0. The minimum absolute atomic E-state index is 0.239. The maximum atomic E-state index is 10.0. The first-order valence-electron chi connectivity index (χ1n) is 3.75. The Morgan fingerprint density at radius 2 is 2.00 bits per heavy atom. The zero-order valence-corrected chi connectivity index (χ0v) is 7.18. The Labute approximate surface area is 63.8 Å². The highest BCUT2D eigenvalue weighted by atomic mass is 16.1. The molecule has 0 spiro atoms. The second kappa shape index (κ2) is 3.75. The Balaban J connectivity index is 3.61. The molecule has 0 saturated heterocycles. The zero-order chi connectivity index (χ0) is 8.20. The summed E-state index contributed by atoms with van der Waals surface area (Å²) in [5.74, 6) is 0.387. The van der Waals surface area contributed by atoms with E-state index < -0.39 is 0 Å². The smallest absolute Gasteiger partial charge is 0.120 e. The van der Waals surface area contributed by atoms with Crippen LogP contribution in [0.3, 0.4) is 0 Å². The van der Waals surface area contributed by atoms with Crippen LogP contribution in [0.2, 0.25) is 0 Å². The van der Waals surface area contributed by atoms with Gasteiger partial charge in [0, 0.05) is 6.42 Å². The molecule has 1 atom stereocenters. The van der Waals surface area contributed by atoms with Crippen LogP contribution in [0.5, 0.6) is 0 Å². The number of hydrogen-bond acceptors (Lipinski definition) is 1. The van der Waals surface area contributed by atoms with Crippen molar-refractivity contribution < 1.29 is 4.79 Å². The number of rotatable bonds is 3. The molecule has 0 aromatic rings. The summed E-state index contributed by atoms with van der Waals surface area (Å²) in [5, 5.41) is 0. The minimum atomic E-state index is 0.239. The van der Waals surface area contributed by atoms with Crippen LogP contribution in [0.1, 0.15) is 33.6 Å². The summed E-state index contributed by atoms with van der Waals surface area (Å²) >= 11 is 0. The summed E-state index contributed by atoms with van der Waals surface area (Å²) in [6.45, 7) is 10.4. The third kappa shape index (κ3) is 3.65. The first-order chi connectivity index (χ1) is 4.48. The predicted molar refractivity (Wildman–Crippen MR) is 43.6 cm³/mol. The zero-order valence-electron chi connectivity index (χ0n) is 7.18. The van der Waals surface area contributed by atoms with Gasteiger partial charge in [-0.25, -0.2) is 0 Å². The van der Waals surface area contributed by atoms with Gasteiger partial charge in [-0.3, -0.25) is 0 Å². The quantitative estimate of drug-likeness (QED) is 0.552. The summed E-state index contributed by atoms with van der Waals surface area (Å²) in [6.07, 6.45) is 2.52. The van der Waals surface area contributed by atoms with E-state index in [2.05, 4.69) is 27.7 Å². The Morgan fingerprint density at radius 3 is 2.30 bits per heavy atom. The van der Waals surface area contributed by atoms with Gasteiger partial charge < -0.3 is 4.79 Å². The van der Waals surface area contributed by atoms with Crippen LogP contribution in [0.15, 0.2) is 0 Å². The molecule has 0 aromatic carbocycles. The lowest BCUT2D eigenvalue weighted by molar-refractivity contribution is -0.108. The third-order valence-electron chi connectivity index (χ3n) is 1.86. The lowest BCUT2D eigenvalue weighted by Crippen LogP contribution is -2.17. The van der Waals surface area contributed by atoms with Gasteiger partial charge in [0.25, 0.3) is 0 Å². The second-order valence-corrected chi connectivity index (χ2v) is 3.81. The lowest BCUT2D eigenvalue weighted by Gasteiger charge is -2.26. The molecule has 0 aliphatic rings. The summed E-state index contributed by atoms with van der Waals surface area (Å²) in [7, 11) is 0. The normalized spacial score (nSPS) is 14.8. The fourth-order valence-electron chi connectivity index (χ4n) is 0.702. The minimum Gasteiger partial charge on any atom is -0.303 e. The molecular weight excluding hydrogens is 124 g/mol. The molecule has 0 fully saturated rings. The van der Waals surface area contributed by atoms with Gasteiger partial charge in [-0.2, -0.15) is 0 Å². The van der Waals surface area contributed by atoms with E-state index in [1.807, 2.05) is 0 Å². The van der Waals surface area contributed by atoms with Gasteiger partial charge in [-0.1, -0.05) is 20.8 Å². The molecule has 1 nitrogen and oxygen atoms in total. The van der Waals surface area contributed by atoms with E-state index in [-0.39, 0.29) is 5.41 Å². The van der Waals surface area contributed by atoms with Crippen LogP contribution in [0.4, 0.5) is 0 Å². The van der Waals surface area contributed by atoms with E-state index in [1.54, 1.807) is 0 Å². The van der Waals surface area contributed by atoms with Crippen molar-refractivity contribution in [2.45, 2.75) is 33.6 Å². The third-order valence-corrected chi connectivity index (χ3v) is 1.86. The number of carbonyl (C=O) groups excluding carboxylic acids is 1. The molecule has 0 N–H and O–H groups in total. The first kappa shape index (κ1) is 9.67. The number of aldehydes is 1. The van der Waals surface area contributed by atoms with Gasteiger partial charge in [0.15, 0.2) is 0 Å². The standard InChI is InChI=1S/C9H17O/c1-8(6-5-7-10)9(2,3)4/h7-8H,1,5-6H2,2-4H3. The fraction of sp³-hybridized carbons (Fsp3) is 0.778. The van der Waals surface area contributed by atoms with Crippen molar-refractivity contribution in [2.24, 2.45) is 11.3 Å².